The second-order valence-corrected chi connectivity index (χ2v) is 4.53. The summed E-state index contributed by atoms with van der Waals surface area (Å²) in [6.45, 7) is 0. The summed E-state index contributed by atoms with van der Waals surface area (Å²) in [5.74, 6) is 0. The van der Waals surface area contributed by atoms with E-state index in [2.05, 4.69) is 28.6 Å². The molecule has 0 fully saturated rings. The van der Waals surface area contributed by atoms with Crippen molar-refractivity contribution in [3.63, 3.8) is 0 Å². The first-order valence-electron chi connectivity index (χ1n) is 2.72. The normalized spacial score (nSPS) is 9.69. The van der Waals surface area contributed by atoms with Crippen molar-refractivity contribution in [1.29, 1.82) is 0 Å². The van der Waals surface area contributed by atoms with Crippen LogP contribution in [0.25, 0.3) is 0 Å². The quantitative estimate of drug-likeness (QED) is 0.338. The van der Waals surface area contributed by atoms with Gasteiger partial charge in [0.2, 0.25) is 4.32 Å². The molecule has 13 heavy (non-hydrogen) atoms. The van der Waals surface area contributed by atoms with Crippen LogP contribution < -0.4 is 5.73 Å². The molecular formula is C4H8N2NaO3S3. The molecule has 0 aliphatic heterocycles. The molecule has 0 atom stereocenters. The molecule has 1 radical (unpaired) electrons. The topological polar surface area (TPSA) is 72.6 Å². The van der Waals surface area contributed by atoms with Gasteiger partial charge in [-0.25, -0.2) is 0 Å². The molecule has 0 aromatic rings. The summed E-state index contributed by atoms with van der Waals surface area (Å²) in [5, 5.41) is -0.570. The average Bonchev–Trinajstić information content (AvgIpc) is 1.82. The molecule has 0 saturated carbocycles. The van der Waals surface area contributed by atoms with Crippen molar-refractivity contribution >= 4 is 73.6 Å². The maximum atomic E-state index is 11.0. The fourth-order valence-electron chi connectivity index (χ4n) is 0.367. The Morgan fingerprint density at radius 1 is 1.38 bits per heavy atom. The summed E-state index contributed by atoms with van der Waals surface area (Å²) >= 11 is 8.78. The Bertz CT molecular complexity index is 300. The summed E-state index contributed by atoms with van der Waals surface area (Å²) in [5.41, 5.74) is 4.87. The van der Waals surface area contributed by atoms with Crippen molar-refractivity contribution in [1.82, 2.24) is 4.90 Å². The van der Waals surface area contributed by atoms with Crippen LogP contribution in [0.1, 0.15) is 0 Å². The predicted octanol–water partition coefficient (Wildman–Crippen LogP) is -0.958. The Labute approximate surface area is 110 Å². The molecule has 9 heteroatoms. The smallest absolute Gasteiger partial charge is 0.359 e. The number of thiocarbonyl (C=S) groups is 2. The van der Waals surface area contributed by atoms with Crippen LogP contribution in [0.4, 0.5) is 0 Å². The molecule has 0 aliphatic carbocycles. The number of rotatable bonds is 0. The largest absolute Gasteiger partial charge is 0.367 e. The average molecular weight is 251 g/mol. The fraction of sp³-hybridized carbons (Fsp3) is 0.500. The van der Waals surface area contributed by atoms with Crippen LogP contribution in [0.5, 0.6) is 0 Å². The van der Waals surface area contributed by atoms with Gasteiger partial charge in [-0.05, 0) is 24.4 Å². The van der Waals surface area contributed by atoms with Gasteiger partial charge in [-0.3, -0.25) is 0 Å². The monoisotopic (exact) mass is 251 g/mol. The number of nitrogens with two attached hydrogens (primary N) is 1. The standard InChI is InChI=1S/C4H8N2O3S3.Na/c1-6(2)4(11)12(7,8)9-3(5)10;/h1-2H3,(H2,5,10);. The molecule has 0 bridgehead atoms. The number of hydrogen-bond donors (Lipinski definition) is 1. The molecule has 0 heterocycles. The van der Waals surface area contributed by atoms with Crippen molar-refractivity contribution in [3.8, 4) is 0 Å². The van der Waals surface area contributed by atoms with E-state index in [4.69, 9.17) is 5.73 Å². The second-order valence-electron chi connectivity index (χ2n) is 2.02. The molecule has 0 rings (SSSR count). The molecular weight excluding hydrogens is 243 g/mol. The minimum absolute atomic E-state index is 0. The molecule has 0 unspecified atom stereocenters. The number of nitrogens with zero attached hydrogens (tertiary/aromatic N) is 1. The van der Waals surface area contributed by atoms with Gasteiger partial charge in [0.15, 0.2) is 0 Å². The molecule has 0 spiro atoms. The summed E-state index contributed by atoms with van der Waals surface area (Å²) in [6.07, 6.45) is 0. The van der Waals surface area contributed by atoms with Crippen molar-refractivity contribution in [2.45, 2.75) is 0 Å². The first-order chi connectivity index (χ1) is 5.27. The van der Waals surface area contributed by atoms with E-state index in [0.717, 1.165) is 0 Å². The Balaban J connectivity index is 0. The van der Waals surface area contributed by atoms with E-state index >= 15 is 0 Å². The number of hydrogen-bond acceptors (Lipinski definition) is 5. The van der Waals surface area contributed by atoms with E-state index in [1.165, 1.54) is 19.0 Å². The van der Waals surface area contributed by atoms with Crippen LogP contribution in [0.3, 0.4) is 0 Å². The summed E-state index contributed by atoms with van der Waals surface area (Å²) in [6, 6.07) is 0. The predicted molar refractivity (Wildman–Crippen MR) is 58.8 cm³/mol. The SMILES string of the molecule is CN(C)C(=S)S(=O)(=O)OC(N)=S.[Na]. The van der Waals surface area contributed by atoms with Crippen LogP contribution >= 0.6 is 24.4 Å². The van der Waals surface area contributed by atoms with Crippen molar-refractivity contribution in [3.05, 3.63) is 0 Å². The van der Waals surface area contributed by atoms with Gasteiger partial charge in [-0.1, -0.05) is 0 Å². The molecule has 0 aromatic heterocycles. The maximum Gasteiger partial charge on any atom is 0.367 e. The van der Waals surface area contributed by atoms with E-state index in [0.29, 0.717) is 0 Å². The van der Waals surface area contributed by atoms with Gasteiger partial charge in [0.25, 0.3) is 5.17 Å². The summed E-state index contributed by atoms with van der Waals surface area (Å²) in [7, 11) is -1.02. The molecule has 0 aromatic carbocycles. The zero-order valence-electron chi connectivity index (χ0n) is 7.47. The van der Waals surface area contributed by atoms with Gasteiger partial charge in [0.1, 0.15) is 0 Å². The first kappa shape index (κ1) is 16.0. The van der Waals surface area contributed by atoms with E-state index in [1.807, 2.05) is 0 Å². The molecule has 0 saturated heterocycles. The van der Waals surface area contributed by atoms with Gasteiger partial charge >= 0.3 is 10.1 Å². The Morgan fingerprint density at radius 2 is 1.77 bits per heavy atom. The maximum absolute atomic E-state index is 11.0. The summed E-state index contributed by atoms with van der Waals surface area (Å²) in [4.78, 5) is 1.21. The van der Waals surface area contributed by atoms with Gasteiger partial charge in [0.05, 0.1) is 0 Å². The zero-order chi connectivity index (χ0) is 9.94. The Hall–Kier alpha value is 0.530. The molecule has 0 aliphatic rings. The van der Waals surface area contributed by atoms with Gasteiger partial charge in [-0.15, -0.1) is 0 Å². The molecule has 2 N–H and O–H groups in total. The minimum Gasteiger partial charge on any atom is -0.359 e. The van der Waals surface area contributed by atoms with Crippen LogP contribution in [0, 0.1) is 0 Å². The van der Waals surface area contributed by atoms with Crippen LogP contribution in [0.15, 0.2) is 0 Å². The third kappa shape index (κ3) is 5.76. The fourth-order valence-corrected chi connectivity index (χ4v) is 1.47. The van der Waals surface area contributed by atoms with Crippen LogP contribution in [-0.4, -0.2) is 66.5 Å². The van der Waals surface area contributed by atoms with Gasteiger partial charge in [0, 0.05) is 43.7 Å². The van der Waals surface area contributed by atoms with Crippen molar-refractivity contribution < 1.29 is 12.6 Å². The van der Waals surface area contributed by atoms with E-state index in [1.54, 1.807) is 0 Å². The van der Waals surface area contributed by atoms with Crippen LogP contribution in [-0.2, 0) is 14.3 Å². The van der Waals surface area contributed by atoms with Crippen molar-refractivity contribution in [2.75, 3.05) is 14.1 Å². The van der Waals surface area contributed by atoms with Gasteiger partial charge < -0.3 is 14.8 Å². The van der Waals surface area contributed by atoms with E-state index < -0.39 is 15.3 Å². The molecule has 0 amide bonds. The first-order valence-corrected chi connectivity index (χ1v) is 4.95. The third-order valence-electron chi connectivity index (χ3n) is 0.771. The zero-order valence-corrected chi connectivity index (χ0v) is 11.9. The van der Waals surface area contributed by atoms with Gasteiger partial charge in [-0.2, -0.15) is 8.42 Å². The molecule has 71 valence electrons. The van der Waals surface area contributed by atoms with E-state index in [-0.39, 0.29) is 33.9 Å². The summed E-state index contributed by atoms with van der Waals surface area (Å²) < 4.78 is 25.8. The molecule has 5 nitrogen and oxygen atoms in total. The Kier molecular flexibility index (Phi) is 7.49. The Morgan fingerprint density at radius 3 is 2.00 bits per heavy atom. The third-order valence-corrected chi connectivity index (χ3v) is 3.13. The second kappa shape index (κ2) is 6.10. The van der Waals surface area contributed by atoms with Crippen molar-refractivity contribution in [2.24, 2.45) is 5.73 Å². The van der Waals surface area contributed by atoms with E-state index in [9.17, 15) is 8.42 Å². The van der Waals surface area contributed by atoms with Crippen LogP contribution in [0.2, 0.25) is 0 Å². The minimum atomic E-state index is -3.97.